The van der Waals surface area contributed by atoms with Crippen molar-refractivity contribution in [1.29, 1.82) is 0 Å². The molecule has 0 radical (unpaired) electrons. The minimum atomic E-state index is 0. The standard InChI is InChI=1S/C20H28N4O.HI/c1-21-20(22-14-7-15-25-19-8-5-4-6-9-19)23-16-17-10-12-18(13-11-17)24(2)3;/h4-6,8-13H,7,14-16H2,1-3H3,(H2,21,22,23);1H. The van der Waals surface area contributed by atoms with Gasteiger partial charge in [-0.2, -0.15) is 0 Å². The maximum atomic E-state index is 5.68. The highest BCUT2D eigenvalue weighted by molar-refractivity contribution is 14.0. The molecule has 0 bridgehead atoms. The Hall–Kier alpha value is -1.96. The second-order valence-electron chi connectivity index (χ2n) is 5.93. The average molecular weight is 468 g/mol. The second kappa shape index (κ2) is 12.4. The van der Waals surface area contributed by atoms with Gasteiger partial charge in [-0.05, 0) is 36.2 Å². The molecular formula is C20H29IN4O. The van der Waals surface area contributed by atoms with E-state index >= 15 is 0 Å². The highest BCUT2D eigenvalue weighted by Crippen LogP contribution is 2.12. The van der Waals surface area contributed by atoms with E-state index in [0.29, 0.717) is 6.61 Å². The van der Waals surface area contributed by atoms with Crippen LogP contribution in [-0.4, -0.2) is 40.3 Å². The topological polar surface area (TPSA) is 48.9 Å². The molecule has 0 saturated carbocycles. The van der Waals surface area contributed by atoms with E-state index in [2.05, 4.69) is 44.8 Å². The Kier molecular flexibility index (Phi) is 10.5. The minimum absolute atomic E-state index is 0. The van der Waals surface area contributed by atoms with Crippen LogP contribution in [0.1, 0.15) is 12.0 Å². The van der Waals surface area contributed by atoms with Gasteiger partial charge >= 0.3 is 0 Å². The Labute approximate surface area is 173 Å². The zero-order valence-corrected chi connectivity index (χ0v) is 18.1. The molecule has 0 saturated heterocycles. The SMILES string of the molecule is CN=C(NCCCOc1ccccc1)NCc1ccc(N(C)C)cc1.I. The number of nitrogens with zero attached hydrogens (tertiary/aromatic N) is 2. The fourth-order valence-corrected chi connectivity index (χ4v) is 2.30. The van der Waals surface area contributed by atoms with E-state index in [1.807, 2.05) is 44.4 Å². The zero-order chi connectivity index (χ0) is 17.9. The molecule has 26 heavy (non-hydrogen) atoms. The summed E-state index contributed by atoms with van der Waals surface area (Å²) in [6, 6.07) is 18.4. The fraction of sp³-hybridized carbons (Fsp3) is 0.350. The summed E-state index contributed by atoms with van der Waals surface area (Å²) >= 11 is 0. The molecule has 2 aromatic rings. The molecule has 0 aromatic heterocycles. The van der Waals surface area contributed by atoms with E-state index in [1.165, 1.54) is 11.3 Å². The molecule has 0 atom stereocenters. The molecule has 6 heteroatoms. The molecule has 0 unspecified atom stereocenters. The molecule has 0 spiro atoms. The number of halogens is 1. The summed E-state index contributed by atoms with van der Waals surface area (Å²) in [6.07, 6.45) is 0.910. The van der Waals surface area contributed by atoms with Crippen LogP contribution in [0.5, 0.6) is 5.75 Å². The average Bonchev–Trinajstić information content (AvgIpc) is 2.65. The van der Waals surface area contributed by atoms with Crippen LogP contribution in [0.2, 0.25) is 0 Å². The number of hydrogen-bond donors (Lipinski definition) is 2. The number of para-hydroxylation sites is 1. The van der Waals surface area contributed by atoms with Crippen molar-refractivity contribution >= 4 is 35.6 Å². The summed E-state index contributed by atoms with van der Waals surface area (Å²) in [5, 5.41) is 6.63. The summed E-state index contributed by atoms with van der Waals surface area (Å²) in [5.74, 6) is 1.71. The lowest BCUT2D eigenvalue weighted by Crippen LogP contribution is -2.37. The van der Waals surface area contributed by atoms with E-state index in [4.69, 9.17) is 4.74 Å². The van der Waals surface area contributed by atoms with Crippen LogP contribution in [-0.2, 0) is 6.54 Å². The molecule has 0 amide bonds. The van der Waals surface area contributed by atoms with Crippen molar-refractivity contribution in [1.82, 2.24) is 10.6 Å². The zero-order valence-electron chi connectivity index (χ0n) is 15.7. The van der Waals surface area contributed by atoms with Crippen molar-refractivity contribution in [3.8, 4) is 5.75 Å². The van der Waals surface area contributed by atoms with Crippen molar-refractivity contribution in [2.75, 3.05) is 39.2 Å². The van der Waals surface area contributed by atoms with Gasteiger partial charge in [-0.3, -0.25) is 4.99 Å². The van der Waals surface area contributed by atoms with Crippen LogP contribution in [0, 0.1) is 0 Å². The van der Waals surface area contributed by atoms with Crippen molar-refractivity contribution in [2.24, 2.45) is 4.99 Å². The summed E-state index contributed by atoms with van der Waals surface area (Å²) in [4.78, 5) is 6.34. The van der Waals surface area contributed by atoms with Gasteiger partial charge < -0.3 is 20.3 Å². The van der Waals surface area contributed by atoms with Gasteiger partial charge in [0.1, 0.15) is 5.75 Å². The molecule has 0 heterocycles. The number of hydrogen-bond acceptors (Lipinski definition) is 3. The van der Waals surface area contributed by atoms with Crippen LogP contribution in [0.3, 0.4) is 0 Å². The molecule has 2 rings (SSSR count). The summed E-state index contributed by atoms with van der Waals surface area (Å²) in [5.41, 5.74) is 2.42. The van der Waals surface area contributed by atoms with Crippen LogP contribution in [0.15, 0.2) is 59.6 Å². The van der Waals surface area contributed by atoms with Crippen LogP contribution in [0.4, 0.5) is 5.69 Å². The second-order valence-corrected chi connectivity index (χ2v) is 5.93. The first kappa shape index (κ1) is 22.1. The van der Waals surface area contributed by atoms with Gasteiger partial charge in [0.25, 0.3) is 0 Å². The quantitative estimate of drug-likeness (QED) is 0.270. The molecule has 0 fully saturated rings. The van der Waals surface area contributed by atoms with Crippen molar-refractivity contribution in [3.05, 3.63) is 60.2 Å². The summed E-state index contributed by atoms with van der Waals surface area (Å²) < 4.78 is 5.68. The van der Waals surface area contributed by atoms with Crippen LogP contribution in [0.25, 0.3) is 0 Å². The van der Waals surface area contributed by atoms with E-state index in [-0.39, 0.29) is 24.0 Å². The first-order chi connectivity index (χ1) is 12.2. The number of nitrogens with one attached hydrogen (secondary N) is 2. The largest absolute Gasteiger partial charge is 0.494 e. The van der Waals surface area contributed by atoms with Gasteiger partial charge in [-0.25, -0.2) is 0 Å². The third-order valence-electron chi connectivity index (χ3n) is 3.76. The molecule has 2 aromatic carbocycles. The highest BCUT2D eigenvalue weighted by atomic mass is 127. The fourth-order valence-electron chi connectivity index (χ4n) is 2.30. The predicted octanol–water partition coefficient (Wildman–Crippen LogP) is 3.50. The van der Waals surface area contributed by atoms with E-state index in [0.717, 1.165) is 31.2 Å². The third-order valence-corrected chi connectivity index (χ3v) is 3.76. The Morgan fingerprint density at radius 3 is 2.31 bits per heavy atom. The lowest BCUT2D eigenvalue weighted by molar-refractivity contribution is 0.311. The summed E-state index contributed by atoms with van der Waals surface area (Å²) in [6.45, 7) is 2.24. The number of aliphatic imine (C=N–C) groups is 1. The normalized spacial score (nSPS) is 10.7. The molecular weight excluding hydrogens is 439 g/mol. The smallest absolute Gasteiger partial charge is 0.191 e. The van der Waals surface area contributed by atoms with E-state index < -0.39 is 0 Å². The Bertz CT molecular complexity index is 645. The number of rotatable bonds is 8. The molecule has 2 N–H and O–H groups in total. The Morgan fingerprint density at radius 2 is 1.69 bits per heavy atom. The molecule has 0 aliphatic carbocycles. The first-order valence-corrected chi connectivity index (χ1v) is 8.57. The lowest BCUT2D eigenvalue weighted by Gasteiger charge is -2.14. The maximum Gasteiger partial charge on any atom is 0.191 e. The minimum Gasteiger partial charge on any atom is -0.494 e. The number of guanidine groups is 1. The van der Waals surface area contributed by atoms with Crippen LogP contribution < -0.4 is 20.3 Å². The highest BCUT2D eigenvalue weighted by Gasteiger charge is 2.00. The first-order valence-electron chi connectivity index (χ1n) is 8.57. The van der Waals surface area contributed by atoms with Gasteiger partial charge in [-0.15, -0.1) is 24.0 Å². The Balaban J connectivity index is 0.00000338. The number of anilines is 1. The van der Waals surface area contributed by atoms with Gasteiger partial charge in [0.2, 0.25) is 0 Å². The van der Waals surface area contributed by atoms with Gasteiger partial charge in [0.05, 0.1) is 6.61 Å². The Morgan fingerprint density at radius 1 is 1.00 bits per heavy atom. The third kappa shape index (κ3) is 7.95. The van der Waals surface area contributed by atoms with Gasteiger partial charge in [0.15, 0.2) is 5.96 Å². The van der Waals surface area contributed by atoms with Gasteiger partial charge in [0, 0.05) is 39.9 Å². The van der Waals surface area contributed by atoms with Crippen molar-refractivity contribution in [3.63, 3.8) is 0 Å². The monoisotopic (exact) mass is 468 g/mol. The van der Waals surface area contributed by atoms with Crippen LogP contribution >= 0.6 is 24.0 Å². The lowest BCUT2D eigenvalue weighted by atomic mass is 10.2. The maximum absolute atomic E-state index is 5.68. The number of benzene rings is 2. The van der Waals surface area contributed by atoms with Crippen molar-refractivity contribution < 1.29 is 4.74 Å². The molecule has 142 valence electrons. The van der Waals surface area contributed by atoms with E-state index in [1.54, 1.807) is 7.05 Å². The van der Waals surface area contributed by atoms with Gasteiger partial charge in [-0.1, -0.05) is 30.3 Å². The predicted molar refractivity (Wildman–Crippen MR) is 121 cm³/mol. The van der Waals surface area contributed by atoms with E-state index in [9.17, 15) is 0 Å². The molecule has 0 aliphatic heterocycles. The van der Waals surface area contributed by atoms with Crippen molar-refractivity contribution in [2.45, 2.75) is 13.0 Å². The molecule has 5 nitrogen and oxygen atoms in total. The molecule has 0 aliphatic rings. The number of ether oxygens (including phenoxy) is 1. The summed E-state index contributed by atoms with van der Waals surface area (Å²) in [7, 11) is 5.87.